The first kappa shape index (κ1) is 18.5. The fraction of sp³-hybridized carbons (Fsp3) is 0.450. The number of hydrogen-bond acceptors (Lipinski definition) is 6. The van der Waals surface area contributed by atoms with E-state index in [0.717, 1.165) is 23.4 Å². The second-order valence-corrected chi connectivity index (χ2v) is 7.44. The Kier molecular flexibility index (Phi) is 5.04. The van der Waals surface area contributed by atoms with Crippen LogP contribution in [0.25, 0.3) is 0 Å². The molecule has 3 aliphatic heterocycles. The number of rotatable bonds is 5. The van der Waals surface area contributed by atoms with Crippen molar-refractivity contribution in [3.8, 4) is 0 Å². The topological polar surface area (TPSA) is 91.0 Å². The smallest absolute Gasteiger partial charge is 0.255 e. The molecule has 0 saturated carbocycles. The van der Waals surface area contributed by atoms with Gasteiger partial charge in [0, 0.05) is 37.8 Å². The van der Waals surface area contributed by atoms with Gasteiger partial charge in [0.2, 0.25) is 11.8 Å². The molecule has 1 atom stereocenters. The van der Waals surface area contributed by atoms with Gasteiger partial charge in [0.05, 0.1) is 6.54 Å². The first-order chi connectivity index (χ1) is 13.5. The lowest BCUT2D eigenvalue weighted by molar-refractivity contribution is -0.136. The van der Waals surface area contributed by atoms with Gasteiger partial charge in [-0.15, -0.1) is 0 Å². The molecule has 3 heterocycles. The number of nitrogens with one attached hydrogen (secondary N) is 2. The van der Waals surface area contributed by atoms with Gasteiger partial charge in [-0.1, -0.05) is 18.2 Å². The lowest BCUT2D eigenvalue weighted by Crippen LogP contribution is -2.52. The molecular formula is C20H24N4O4. The number of amides is 3. The highest BCUT2D eigenvalue weighted by Crippen LogP contribution is 2.30. The monoisotopic (exact) mass is 384 g/mol. The Bertz CT molecular complexity index is 851. The van der Waals surface area contributed by atoms with Crippen LogP contribution < -0.4 is 10.6 Å². The third-order valence-electron chi connectivity index (χ3n) is 5.30. The van der Waals surface area contributed by atoms with Gasteiger partial charge in [0.1, 0.15) is 18.4 Å². The average Bonchev–Trinajstić information content (AvgIpc) is 3.00. The van der Waals surface area contributed by atoms with Gasteiger partial charge in [-0.05, 0) is 24.6 Å². The van der Waals surface area contributed by atoms with Crippen molar-refractivity contribution in [2.75, 3.05) is 26.7 Å². The summed E-state index contributed by atoms with van der Waals surface area (Å²) in [4.78, 5) is 40.4. The number of hydrogen-bond donors (Lipinski definition) is 2. The van der Waals surface area contributed by atoms with Crippen molar-refractivity contribution in [2.45, 2.75) is 32.0 Å². The van der Waals surface area contributed by atoms with E-state index in [-0.39, 0.29) is 24.1 Å². The maximum Gasteiger partial charge on any atom is 0.255 e. The molecule has 2 N–H and O–H groups in total. The Labute approximate surface area is 163 Å². The molecule has 3 aliphatic rings. The number of nitrogens with zero attached hydrogens (tertiary/aromatic N) is 2. The van der Waals surface area contributed by atoms with Crippen LogP contribution in [0.1, 0.15) is 34.3 Å². The van der Waals surface area contributed by atoms with E-state index >= 15 is 0 Å². The minimum absolute atomic E-state index is 0.136. The second-order valence-electron chi connectivity index (χ2n) is 7.44. The number of carbonyl (C=O) groups is 3. The lowest BCUT2D eigenvalue weighted by Gasteiger charge is -2.29. The van der Waals surface area contributed by atoms with Gasteiger partial charge in [-0.3, -0.25) is 24.6 Å². The van der Waals surface area contributed by atoms with Gasteiger partial charge < -0.3 is 15.0 Å². The maximum atomic E-state index is 13.1. The first-order valence-electron chi connectivity index (χ1n) is 9.52. The van der Waals surface area contributed by atoms with Crippen molar-refractivity contribution < 1.29 is 19.1 Å². The Morgan fingerprint density at radius 2 is 2.11 bits per heavy atom. The number of imide groups is 1. The highest BCUT2D eigenvalue weighted by molar-refractivity contribution is 6.05. The summed E-state index contributed by atoms with van der Waals surface area (Å²) < 4.78 is 5.63. The standard InChI is InChI=1S/C20H24N4O4/c1-23(12-15-9-21-7-8-28-15)10-13-3-2-4-14-11-24(20(27)18(13)14)16-5-6-17(25)22-19(16)26/h2-4,9,16,21H,5-8,10-12H2,1H3,(H,22,25,26). The van der Waals surface area contributed by atoms with Crippen LogP contribution in [-0.4, -0.2) is 60.3 Å². The predicted octanol–water partition coefficient (Wildman–Crippen LogP) is 0.341. The third-order valence-corrected chi connectivity index (χ3v) is 5.30. The maximum absolute atomic E-state index is 13.1. The molecule has 1 saturated heterocycles. The normalized spacial score (nSPS) is 21.8. The van der Waals surface area contributed by atoms with E-state index in [9.17, 15) is 14.4 Å². The molecule has 0 spiro atoms. The Hall–Kier alpha value is -2.87. The Morgan fingerprint density at radius 1 is 1.25 bits per heavy atom. The molecule has 28 heavy (non-hydrogen) atoms. The number of ether oxygens (including phenoxy) is 1. The number of piperidine rings is 1. The van der Waals surface area contributed by atoms with Crippen molar-refractivity contribution in [2.24, 2.45) is 0 Å². The van der Waals surface area contributed by atoms with Crippen LogP contribution in [0.3, 0.4) is 0 Å². The van der Waals surface area contributed by atoms with E-state index in [0.29, 0.717) is 38.2 Å². The molecule has 8 heteroatoms. The molecule has 4 rings (SSSR count). The summed E-state index contributed by atoms with van der Waals surface area (Å²) in [6.45, 7) is 3.10. The fourth-order valence-corrected chi connectivity index (χ4v) is 3.99. The molecule has 1 fully saturated rings. The van der Waals surface area contributed by atoms with Gasteiger partial charge in [-0.25, -0.2) is 0 Å². The molecule has 148 valence electrons. The van der Waals surface area contributed by atoms with E-state index in [1.54, 1.807) is 4.90 Å². The molecule has 0 aliphatic carbocycles. The SMILES string of the molecule is CN(CC1=CNCCO1)Cc1cccc2c1C(=O)N(C1CCC(=O)NC1=O)C2. The van der Waals surface area contributed by atoms with Crippen LogP contribution in [0, 0.1) is 0 Å². The van der Waals surface area contributed by atoms with Crippen molar-refractivity contribution in [1.82, 2.24) is 20.4 Å². The summed E-state index contributed by atoms with van der Waals surface area (Å²) in [6, 6.07) is 5.24. The van der Waals surface area contributed by atoms with E-state index in [1.807, 2.05) is 31.4 Å². The number of benzene rings is 1. The fourth-order valence-electron chi connectivity index (χ4n) is 3.99. The molecular weight excluding hydrogens is 360 g/mol. The van der Waals surface area contributed by atoms with Crippen LogP contribution in [0.4, 0.5) is 0 Å². The molecule has 0 bridgehead atoms. The highest BCUT2D eigenvalue weighted by Gasteiger charge is 2.40. The predicted molar refractivity (Wildman–Crippen MR) is 101 cm³/mol. The van der Waals surface area contributed by atoms with Crippen molar-refractivity contribution >= 4 is 17.7 Å². The van der Waals surface area contributed by atoms with Crippen LogP contribution in [0.15, 0.2) is 30.2 Å². The first-order valence-corrected chi connectivity index (χ1v) is 9.52. The summed E-state index contributed by atoms with van der Waals surface area (Å²) in [5.41, 5.74) is 2.54. The van der Waals surface area contributed by atoms with Crippen LogP contribution in [-0.2, 0) is 27.4 Å². The quantitative estimate of drug-likeness (QED) is 0.712. The van der Waals surface area contributed by atoms with E-state index in [4.69, 9.17) is 4.74 Å². The Morgan fingerprint density at radius 3 is 2.86 bits per heavy atom. The van der Waals surface area contributed by atoms with Crippen molar-refractivity contribution in [1.29, 1.82) is 0 Å². The van der Waals surface area contributed by atoms with Crippen molar-refractivity contribution in [3.63, 3.8) is 0 Å². The molecule has 0 radical (unpaired) electrons. The molecule has 8 nitrogen and oxygen atoms in total. The number of carbonyl (C=O) groups excluding carboxylic acids is 3. The van der Waals surface area contributed by atoms with Crippen molar-refractivity contribution in [3.05, 3.63) is 46.8 Å². The van der Waals surface area contributed by atoms with Gasteiger partial charge in [-0.2, -0.15) is 0 Å². The molecule has 1 unspecified atom stereocenters. The summed E-state index contributed by atoms with van der Waals surface area (Å²) in [5.74, 6) is 0.0764. The number of fused-ring (bicyclic) bond motifs is 1. The van der Waals surface area contributed by atoms with Gasteiger partial charge >= 0.3 is 0 Å². The zero-order valence-electron chi connectivity index (χ0n) is 15.9. The zero-order valence-corrected chi connectivity index (χ0v) is 15.9. The average molecular weight is 384 g/mol. The minimum atomic E-state index is -0.588. The number of likely N-dealkylation sites (N-methyl/N-ethyl adjacent to an activating group) is 1. The van der Waals surface area contributed by atoms with Gasteiger partial charge in [0.15, 0.2) is 0 Å². The molecule has 3 amide bonds. The highest BCUT2D eigenvalue weighted by atomic mass is 16.5. The Balaban J connectivity index is 1.49. The van der Waals surface area contributed by atoms with Crippen LogP contribution in [0.2, 0.25) is 0 Å². The largest absolute Gasteiger partial charge is 0.493 e. The third kappa shape index (κ3) is 3.60. The second kappa shape index (κ2) is 7.63. The van der Waals surface area contributed by atoms with E-state index in [2.05, 4.69) is 15.5 Å². The van der Waals surface area contributed by atoms with Gasteiger partial charge in [0.25, 0.3) is 5.91 Å². The lowest BCUT2D eigenvalue weighted by atomic mass is 10.0. The van der Waals surface area contributed by atoms with E-state index < -0.39 is 6.04 Å². The van der Waals surface area contributed by atoms with E-state index in [1.165, 1.54) is 0 Å². The van der Waals surface area contributed by atoms with Crippen LogP contribution >= 0.6 is 0 Å². The molecule has 0 aromatic heterocycles. The zero-order chi connectivity index (χ0) is 19.7. The molecule has 1 aromatic rings. The summed E-state index contributed by atoms with van der Waals surface area (Å²) >= 11 is 0. The summed E-state index contributed by atoms with van der Waals surface area (Å²) in [7, 11) is 1.98. The van der Waals surface area contributed by atoms with Crippen LogP contribution in [0.5, 0.6) is 0 Å². The minimum Gasteiger partial charge on any atom is -0.493 e. The molecule has 1 aromatic carbocycles. The summed E-state index contributed by atoms with van der Waals surface area (Å²) in [5, 5.41) is 5.51. The summed E-state index contributed by atoms with van der Waals surface area (Å²) in [6.07, 6.45) is 2.51.